The second kappa shape index (κ2) is 12.8. The van der Waals surface area contributed by atoms with Gasteiger partial charge in [-0.1, -0.05) is 0 Å². The van der Waals surface area contributed by atoms with Gasteiger partial charge in [-0.2, -0.15) is 0 Å². The first-order chi connectivity index (χ1) is 6.91. The molecule has 6 nitrogen and oxygen atoms in total. The number of nitrogens with one attached hydrogen (secondary N) is 2. The van der Waals surface area contributed by atoms with Crippen LogP contribution in [0.25, 0.3) is 0 Å². The molecule has 0 unspecified atom stereocenters. The van der Waals surface area contributed by atoms with E-state index in [4.69, 9.17) is 19.1 Å². The highest BCUT2D eigenvalue weighted by Crippen LogP contribution is 1.79. The molecule has 86 valence electrons. The van der Waals surface area contributed by atoms with Crippen LogP contribution < -0.4 is 11.0 Å². The van der Waals surface area contributed by atoms with Gasteiger partial charge >= 0.3 is 0 Å². The lowest BCUT2D eigenvalue weighted by Gasteiger charge is -2.05. The van der Waals surface area contributed by atoms with Gasteiger partial charge in [0.05, 0.1) is 39.6 Å². The van der Waals surface area contributed by atoms with Crippen LogP contribution in [0, 0.1) is 0 Å². The van der Waals surface area contributed by atoms with Crippen LogP contribution >= 0.6 is 0 Å². The molecular formula is C8H20N2O4. The first kappa shape index (κ1) is 13.8. The van der Waals surface area contributed by atoms with Gasteiger partial charge in [0.2, 0.25) is 0 Å². The van der Waals surface area contributed by atoms with Crippen molar-refractivity contribution in [3.05, 3.63) is 0 Å². The maximum Gasteiger partial charge on any atom is 0.0915 e. The lowest BCUT2D eigenvalue weighted by Crippen LogP contribution is -2.16. The summed E-state index contributed by atoms with van der Waals surface area (Å²) in [5, 5.41) is 0. The smallest absolute Gasteiger partial charge is 0.0915 e. The Bertz CT molecular complexity index is 93.3. The first-order valence-electron chi connectivity index (χ1n) is 4.64. The minimum absolute atomic E-state index is 0.541. The third kappa shape index (κ3) is 11.8. The van der Waals surface area contributed by atoms with Crippen molar-refractivity contribution in [2.45, 2.75) is 0 Å². The Balaban J connectivity index is 2.78. The quantitative estimate of drug-likeness (QED) is 0.346. The average molecular weight is 208 g/mol. The molecule has 0 aliphatic rings. The molecule has 0 rings (SSSR count). The molecule has 0 saturated carbocycles. The van der Waals surface area contributed by atoms with Crippen molar-refractivity contribution in [1.82, 2.24) is 11.0 Å². The van der Waals surface area contributed by atoms with E-state index >= 15 is 0 Å². The number of rotatable bonds is 11. The molecule has 0 amide bonds. The van der Waals surface area contributed by atoms with Crippen molar-refractivity contribution >= 4 is 0 Å². The number of ether oxygens (including phenoxy) is 2. The fourth-order valence-corrected chi connectivity index (χ4v) is 0.727. The first-order valence-corrected chi connectivity index (χ1v) is 4.64. The molecular weight excluding hydrogens is 188 g/mol. The predicted molar refractivity (Wildman–Crippen MR) is 51.7 cm³/mol. The van der Waals surface area contributed by atoms with E-state index in [1.54, 1.807) is 14.1 Å². The van der Waals surface area contributed by atoms with E-state index in [0.29, 0.717) is 39.6 Å². The van der Waals surface area contributed by atoms with Crippen LogP contribution in [-0.2, 0) is 19.1 Å². The average Bonchev–Trinajstić information content (AvgIpc) is 2.21. The van der Waals surface area contributed by atoms with Crippen molar-refractivity contribution in [1.29, 1.82) is 0 Å². The zero-order chi connectivity index (χ0) is 10.5. The van der Waals surface area contributed by atoms with Gasteiger partial charge in [0.1, 0.15) is 0 Å². The minimum Gasteiger partial charge on any atom is -0.377 e. The van der Waals surface area contributed by atoms with Gasteiger partial charge in [0.15, 0.2) is 0 Å². The van der Waals surface area contributed by atoms with E-state index in [1.165, 1.54) is 0 Å². The fraction of sp³-hybridized carbons (Fsp3) is 1.00. The van der Waals surface area contributed by atoms with Crippen molar-refractivity contribution in [2.24, 2.45) is 0 Å². The zero-order valence-electron chi connectivity index (χ0n) is 8.88. The summed E-state index contributed by atoms with van der Waals surface area (Å²) in [6, 6.07) is 0. The predicted octanol–water partition coefficient (Wildman–Crippen LogP) is -0.678. The Morgan fingerprint density at radius 2 is 1.00 bits per heavy atom. The molecule has 6 heteroatoms. The van der Waals surface area contributed by atoms with Gasteiger partial charge in [0, 0.05) is 14.1 Å². The largest absolute Gasteiger partial charge is 0.377 e. The molecule has 14 heavy (non-hydrogen) atoms. The van der Waals surface area contributed by atoms with E-state index in [2.05, 4.69) is 11.0 Å². The van der Waals surface area contributed by atoms with Crippen molar-refractivity contribution in [2.75, 3.05) is 53.7 Å². The molecule has 0 aliphatic heterocycles. The Morgan fingerprint density at radius 3 is 1.36 bits per heavy atom. The Labute approximate surface area is 84.8 Å². The lowest BCUT2D eigenvalue weighted by atomic mass is 10.7. The molecule has 0 aromatic rings. The van der Waals surface area contributed by atoms with Crippen LogP contribution in [0.15, 0.2) is 0 Å². The molecule has 0 spiro atoms. The lowest BCUT2D eigenvalue weighted by molar-refractivity contribution is -0.0279. The summed E-state index contributed by atoms with van der Waals surface area (Å²) in [4.78, 5) is 9.70. The SMILES string of the molecule is CNOCCOCCOCCONC. The number of hydrogen-bond donors (Lipinski definition) is 2. The molecule has 0 aliphatic carbocycles. The molecule has 0 aromatic heterocycles. The third-order valence-electron chi connectivity index (χ3n) is 1.32. The van der Waals surface area contributed by atoms with Crippen LogP contribution in [0.1, 0.15) is 0 Å². The number of hydroxylamine groups is 2. The van der Waals surface area contributed by atoms with E-state index in [-0.39, 0.29) is 0 Å². The van der Waals surface area contributed by atoms with Crippen LogP contribution in [-0.4, -0.2) is 53.7 Å². The molecule has 0 heterocycles. The summed E-state index contributed by atoms with van der Waals surface area (Å²) in [7, 11) is 3.43. The van der Waals surface area contributed by atoms with Gasteiger partial charge in [-0.25, -0.2) is 11.0 Å². The molecule has 2 N–H and O–H groups in total. The normalized spacial score (nSPS) is 10.7. The van der Waals surface area contributed by atoms with Gasteiger partial charge in [0.25, 0.3) is 0 Å². The topological polar surface area (TPSA) is 61.0 Å². The van der Waals surface area contributed by atoms with Crippen LogP contribution in [0.4, 0.5) is 0 Å². The van der Waals surface area contributed by atoms with Gasteiger partial charge in [-0.3, -0.25) is 9.68 Å². The summed E-state index contributed by atoms with van der Waals surface area (Å²) < 4.78 is 10.4. The number of hydrogen-bond acceptors (Lipinski definition) is 6. The Morgan fingerprint density at radius 1 is 0.643 bits per heavy atom. The van der Waals surface area contributed by atoms with Crippen molar-refractivity contribution in [3.63, 3.8) is 0 Å². The molecule has 0 radical (unpaired) electrons. The summed E-state index contributed by atoms with van der Waals surface area (Å²) >= 11 is 0. The second-order valence-corrected chi connectivity index (χ2v) is 2.33. The van der Waals surface area contributed by atoms with Gasteiger partial charge in [-0.05, 0) is 0 Å². The highest BCUT2D eigenvalue weighted by Gasteiger charge is 1.90. The monoisotopic (exact) mass is 208 g/mol. The summed E-state index contributed by atoms with van der Waals surface area (Å²) in [5.41, 5.74) is 5.12. The van der Waals surface area contributed by atoms with E-state index in [0.717, 1.165) is 0 Å². The second-order valence-electron chi connectivity index (χ2n) is 2.33. The Hall–Kier alpha value is -0.240. The molecule has 0 aromatic carbocycles. The fourth-order valence-electron chi connectivity index (χ4n) is 0.727. The van der Waals surface area contributed by atoms with Crippen LogP contribution in [0.5, 0.6) is 0 Å². The van der Waals surface area contributed by atoms with E-state index in [9.17, 15) is 0 Å². The minimum atomic E-state index is 0.541. The van der Waals surface area contributed by atoms with Crippen LogP contribution in [0.2, 0.25) is 0 Å². The highest BCUT2D eigenvalue weighted by molar-refractivity contribution is 4.32. The molecule has 0 bridgehead atoms. The summed E-state index contributed by atoms with van der Waals surface area (Å²) in [6.45, 7) is 3.37. The van der Waals surface area contributed by atoms with Crippen LogP contribution in [0.3, 0.4) is 0 Å². The van der Waals surface area contributed by atoms with Gasteiger partial charge in [-0.15, -0.1) is 0 Å². The highest BCUT2D eigenvalue weighted by atomic mass is 16.7. The zero-order valence-corrected chi connectivity index (χ0v) is 8.88. The van der Waals surface area contributed by atoms with E-state index in [1.807, 2.05) is 0 Å². The maximum atomic E-state index is 5.20. The maximum absolute atomic E-state index is 5.20. The molecule has 0 atom stereocenters. The van der Waals surface area contributed by atoms with Crippen molar-refractivity contribution < 1.29 is 19.1 Å². The van der Waals surface area contributed by atoms with Crippen molar-refractivity contribution in [3.8, 4) is 0 Å². The Kier molecular flexibility index (Phi) is 12.5. The van der Waals surface area contributed by atoms with Gasteiger partial charge < -0.3 is 9.47 Å². The summed E-state index contributed by atoms with van der Waals surface area (Å²) in [6.07, 6.45) is 0. The third-order valence-corrected chi connectivity index (χ3v) is 1.32. The standard InChI is InChI=1S/C8H20N2O4/c1-9-13-7-5-11-3-4-12-6-8-14-10-2/h9-10H,3-8H2,1-2H3. The summed E-state index contributed by atoms with van der Waals surface area (Å²) in [5.74, 6) is 0. The molecule has 0 fully saturated rings. The molecule has 0 saturated heterocycles. The van der Waals surface area contributed by atoms with E-state index < -0.39 is 0 Å².